The van der Waals surface area contributed by atoms with E-state index >= 15 is 0 Å². The number of hydrogen-bond donors (Lipinski definition) is 2. The Labute approximate surface area is 235 Å². The van der Waals surface area contributed by atoms with E-state index in [0.29, 0.717) is 18.7 Å². The molecular weight excluding hydrogens is 500 g/mol. The van der Waals surface area contributed by atoms with Crippen molar-refractivity contribution in [2.75, 3.05) is 57.5 Å². The molecule has 1 heterocycles. The van der Waals surface area contributed by atoms with E-state index in [9.17, 15) is 4.79 Å². The Hall–Kier alpha value is -3.13. The second-order valence-corrected chi connectivity index (χ2v) is 16.0. The second kappa shape index (κ2) is 12.4. The third kappa shape index (κ3) is 6.37. The lowest BCUT2D eigenvalue weighted by molar-refractivity contribution is -0.125. The molecule has 0 spiro atoms. The van der Waals surface area contributed by atoms with Crippen LogP contribution in [-0.4, -0.2) is 66.0 Å². The molecule has 3 aromatic rings. The smallest absolute Gasteiger partial charge is 0.261 e. The fourth-order valence-corrected chi connectivity index (χ4v) is 10.4. The van der Waals surface area contributed by atoms with Gasteiger partial charge in [0.1, 0.15) is 0 Å². The summed E-state index contributed by atoms with van der Waals surface area (Å²) in [5, 5.41) is 5.16. The van der Waals surface area contributed by atoms with Gasteiger partial charge in [-0.15, -0.1) is 0 Å². The predicted octanol–water partition coefficient (Wildman–Crippen LogP) is 3.50. The van der Waals surface area contributed by atoms with E-state index in [0.717, 1.165) is 37.4 Å². The van der Waals surface area contributed by atoms with Gasteiger partial charge in [-0.2, -0.15) is 0 Å². The van der Waals surface area contributed by atoms with Crippen molar-refractivity contribution in [3.8, 4) is 0 Å². The summed E-state index contributed by atoms with van der Waals surface area (Å²) in [5.74, 6) is -0.371. The number of hydrogen-bond acceptors (Lipinski definition) is 5. The quantitative estimate of drug-likeness (QED) is 0.319. The molecule has 4 rings (SSSR count). The number of benzene rings is 3. The number of nitrogens with zero attached hydrogens (tertiary/aromatic N) is 2. The zero-order valence-electron chi connectivity index (χ0n) is 24.1. The first-order valence-corrected chi connectivity index (χ1v) is 15.8. The van der Waals surface area contributed by atoms with Crippen LogP contribution in [0.5, 0.6) is 0 Å². The molecule has 0 bridgehead atoms. The van der Waals surface area contributed by atoms with Gasteiger partial charge in [0.25, 0.3) is 8.32 Å². The Kier molecular flexibility index (Phi) is 9.15. The first-order chi connectivity index (χ1) is 18.7. The number of nitrogens with two attached hydrogens (primary N) is 1. The van der Waals surface area contributed by atoms with Crippen molar-refractivity contribution in [2.24, 2.45) is 5.92 Å². The van der Waals surface area contributed by atoms with Crippen LogP contribution in [-0.2, 0) is 15.6 Å². The zero-order chi connectivity index (χ0) is 28.0. The maximum atomic E-state index is 13.3. The first kappa shape index (κ1) is 28.9. The molecule has 1 aliphatic heterocycles. The van der Waals surface area contributed by atoms with Crippen molar-refractivity contribution in [1.29, 1.82) is 0 Å². The van der Waals surface area contributed by atoms with Gasteiger partial charge in [-0.3, -0.25) is 4.79 Å². The third-order valence-corrected chi connectivity index (χ3v) is 13.0. The van der Waals surface area contributed by atoms with Gasteiger partial charge in [0.05, 0.1) is 5.92 Å². The highest BCUT2D eigenvalue weighted by atomic mass is 28.4. The third-order valence-electron chi connectivity index (χ3n) is 7.95. The Morgan fingerprint density at radius 3 is 2.03 bits per heavy atom. The summed E-state index contributed by atoms with van der Waals surface area (Å²) in [6.45, 7) is 11.0. The van der Waals surface area contributed by atoms with Crippen LogP contribution in [0.3, 0.4) is 0 Å². The molecule has 208 valence electrons. The van der Waals surface area contributed by atoms with Crippen molar-refractivity contribution in [3.63, 3.8) is 0 Å². The topological polar surface area (TPSA) is 70.8 Å². The van der Waals surface area contributed by atoms with Crippen LogP contribution in [0, 0.1) is 5.92 Å². The van der Waals surface area contributed by atoms with Gasteiger partial charge in [0, 0.05) is 51.2 Å². The Bertz CT molecular complexity index is 1180. The van der Waals surface area contributed by atoms with Crippen LogP contribution >= 0.6 is 0 Å². The summed E-state index contributed by atoms with van der Waals surface area (Å²) in [6, 6.07) is 27.3. The highest BCUT2D eigenvalue weighted by Gasteiger charge is 2.50. The molecule has 0 saturated carbocycles. The van der Waals surface area contributed by atoms with Crippen molar-refractivity contribution in [3.05, 3.63) is 84.4 Å². The largest absolute Gasteiger partial charge is 0.407 e. The van der Waals surface area contributed by atoms with Gasteiger partial charge < -0.3 is 25.3 Å². The van der Waals surface area contributed by atoms with E-state index in [-0.39, 0.29) is 16.9 Å². The van der Waals surface area contributed by atoms with Crippen molar-refractivity contribution in [2.45, 2.75) is 32.2 Å². The molecular formula is C32H44N4O2Si. The molecule has 39 heavy (non-hydrogen) atoms. The number of rotatable bonds is 9. The molecule has 7 heteroatoms. The van der Waals surface area contributed by atoms with E-state index in [2.05, 4.69) is 97.5 Å². The number of nitrogens with one attached hydrogen (secondary N) is 1. The average molecular weight is 545 g/mol. The lowest BCUT2D eigenvalue weighted by Gasteiger charge is -2.43. The molecule has 1 saturated heterocycles. The molecule has 1 aliphatic rings. The summed E-state index contributed by atoms with van der Waals surface area (Å²) in [5.41, 5.74) is 9.24. The van der Waals surface area contributed by atoms with Crippen LogP contribution in [0.15, 0.2) is 78.9 Å². The van der Waals surface area contributed by atoms with Crippen LogP contribution < -0.4 is 26.3 Å². The summed E-state index contributed by atoms with van der Waals surface area (Å²) in [6.07, 6.45) is 0.560. The van der Waals surface area contributed by atoms with Crippen LogP contribution in [0.2, 0.25) is 5.04 Å². The molecule has 0 aliphatic carbocycles. The van der Waals surface area contributed by atoms with Gasteiger partial charge in [0.2, 0.25) is 5.91 Å². The first-order valence-electron chi connectivity index (χ1n) is 13.9. The molecule has 1 unspecified atom stereocenters. The highest BCUT2D eigenvalue weighted by molar-refractivity contribution is 6.99. The minimum atomic E-state index is -2.77. The van der Waals surface area contributed by atoms with Gasteiger partial charge in [-0.25, -0.2) is 0 Å². The number of carbonyl (C=O) groups excluding carboxylic acids is 1. The van der Waals surface area contributed by atoms with Gasteiger partial charge in [-0.1, -0.05) is 81.4 Å². The van der Waals surface area contributed by atoms with E-state index in [1.54, 1.807) is 7.05 Å². The van der Waals surface area contributed by atoms with Crippen molar-refractivity contribution >= 4 is 36.0 Å². The maximum absolute atomic E-state index is 13.3. The standard InChI is InChI=1S/C32H44N4O2Si/c1-32(2,3)39(28-12-8-6-9-13-28,29-14-10-7-11-15-29)38-24-26(31(37)34-4)22-25-23-27(33)16-17-30(25)36-20-18-35(5)19-21-36/h6-17,23,26H,18-22,24,33H2,1-5H3,(H,34,37). The number of anilines is 2. The van der Waals surface area contributed by atoms with Crippen LogP contribution in [0.1, 0.15) is 26.3 Å². The number of nitrogen functional groups attached to an aromatic ring is 1. The number of carbonyl (C=O) groups is 1. The lowest BCUT2D eigenvalue weighted by atomic mass is 9.96. The predicted molar refractivity (Wildman–Crippen MR) is 165 cm³/mol. The van der Waals surface area contributed by atoms with E-state index in [1.807, 2.05) is 24.3 Å². The van der Waals surface area contributed by atoms with Gasteiger partial charge in [-0.05, 0) is 52.6 Å². The number of likely N-dealkylation sites (N-methyl/N-ethyl adjacent to an activating group) is 1. The molecule has 1 fully saturated rings. The Morgan fingerprint density at radius 1 is 0.949 bits per heavy atom. The fourth-order valence-electron chi connectivity index (χ4n) is 5.81. The molecule has 1 amide bonds. The zero-order valence-corrected chi connectivity index (χ0v) is 25.1. The maximum Gasteiger partial charge on any atom is 0.261 e. The van der Waals surface area contributed by atoms with E-state index < -0.39 is 8.32 Å². The van der Waals surface area contributed by atoms with Crippen molar-refractivity contribution < 1.29 is 9.22 Å². The Balaban J connectivity index is 1.70. The Morgan fingerprint density at radius 2 is 1.51 bits per heavy atom. The van der Waals surface area contributed by atoms with Crippen LogP contribution in [0.4, 0.5) is 11.4 Å². The van der Waals surface area contributed by atoms with Crippen LogP contribution in [0.25, 0.3) is 0 Å². The van der Waals surface area contributed by atoms with Gasteiger partial charge in [0.15, 0.2) is 0 Å². The SMILES string of the molecule is CNC(=O)C(CO[Si](c1ccccc1)(c1ccccc1)C(C)(C)C)Cc1cc(N)ccc1N1CCN(C)CC1. The van der Waals surface area contributed by atoms with E-state index in [4.69, 9.17) is 10.2 Å². The summed E-state index contributed by atoms with van der Waals surface area (Å²) in [7, 11) is 1.09. The van der Waals surface area contributed by atoms with Crippen molar-refractivity contribution in [1.82, 2.24) is 10.2 Å². The number of piperazine rings is 1. The minimum absolute atomic E-state index is 0.0142. The van der Waals surface area contributed by atoms with Gasteiger partial charge >= 0.3 is 0 Å². The molecule has 6 nitrogen and oxygen atoms in total. The average Bonchev–Trinajstić information content (AvgIpc) is 2.93. The summed E-state index contributed by atoms with van der Waals surface area (Å²) in [4.78, 5) is 18.1. The lowest BCUT2D eigenvalue weighted by Crippen LogP contribution is -2.67. The molecule has 3 N–H and O–H groups in total. The monoisotopic (exact) mass is 544 g/mol. The second-order valence-electron chi connectivity index (χ2n) is 11.7. The highest BCUT2D eigenvalue weighted by Crippen LogP contribution is 2.37. The summed E-state index contributed by atoms with van der Waals surface area (Å²) >= 11 is 0. The molecule has 1 atom stereocenters. The minimum Gasteiger partial charge on any atom is -0.407 e. The summed E-state index contributed by atoms with van der Waals surface area (Å²) < 4.78 is 7.18. The molecule has 3 aromatic carbocycles. The number of amides is 1. The molecule has 0 aromatic heterocycles. The fraction of sp³-hybridized carbons (Fsp3) is 0.406. The van der Waals surface area contributed by atoms with E-state index in [1.165, 1.54) is 10.4 Å². The molecule has 0 radical (unpaired) electrons. The normalized spacial score (nSPS) is 15.7.